The molecule has 1 aliphatic rings. The molecule has 0 bridgehead atoms. The number of ether oxygens (including phenoxy) is 1. The van der Waals surface area contributed by atoms with Gasteiger partial charge >= 0.3 is 0 Å². The molecule has 0 saturated carbocycles. The normalized spacial score (nSPS) is 16.3. The Bertz CT molecular complexity index is 789. The van der Waals surface area contributed by atoms with E-state index in [9.17, 15) is 10.1 Å². The first-order valence-corrected chi connectivity index (χ1v) is 8.44. The monoisotopic (exact) mass is 326 g/mol. The van der Waals surface area contributed by atoms with Crippen molar-refractivity contribution < 1.29 is 9.53 Å². The third-order valence-corrected chi connectivity index (χ3v) is 5.37. The molecular weight excluding hydrogens is 308 g/mol. The number of nitrogens with zero attached hydrogens (tertiary/aromatic N) is 1. The molecule has 4 nitrogen and oxygen atoms in total. The summed E-state index contributed by atoms with van der Waals surface area (Å²) in [5, 5.41) is 13.1. The highest BCUT2D eigenvalue weighted by molar-refractivity contribution is 7.16. The van der Waals surface area contributed by atoms with Gasteiger partial charge in [0, 0.05) is 4.88 Å². The molecule has 0 saturated heterocycles. The third-order valence-electron chi connectivity index (χ3n) is 4.20. The number of hydrogen-bond acceptors (Lipinski definition) is 4. The lowest BCUT2D eigenvalue weighted by molar-refractivity contribution is 0.102. The van der Waals surface area contributed by atoms with Crippen LogP contribution in [0.15, 0.2) is 24.3 Å². The maximum atomic E-state index is 12.5. The fourth-order valence-electron chi connectivity index (χ4n) is 2.96. The van der Waals surface area contributed by atoms with Gasteiger partial charge in [-0.25, -0.2) is 0 Å². The molecule has 0 radical (unpaired) electrons. The highest BCUT2D eigenvalue weighted by atomic mass is 32.1. The maximum Gasteiger partial charge on any atom is 0.260 e. The third kappa shape index (κ3) is 2.95. The lowest BCUT2D eigenvalue weighted by Crippen LogP contribution is -2.13. The molecule has 1 amide bonds. The van der Waals surface area contributed by atoms with Crippen molar-refractivity contribution in [3.63, 3.8) is 0 Å². The minimum atomic E-state index is -0.245. The molecule has 1 aromatic carbocycles. The number of benzene rings is 1. The van der Waals surface area contributed by atoms with Crippen molar-refractivity contribution in [3.05, 3.63) is 45.8 Å². The van der Waals surface area contributed by atoms with Crippen LogP contribution in [0.4, 0.5) is 5.00 Å². The van der Waals surface area contributed by atoms with Crippen LogP contribution < -0.4 is 10.1 Å². The second kappa shape index (κ2) is 6.43. The Morgan fingerprint density at radius 1 is 1.43 bits per heavy atom. The lowest BCUT2D eigenvalue weighted by atomic mass is 9.88. The number of rotatable bonds is 3. The Morgan fingerprint density at radius 3 is 2.96 bits per heavy atom. The van der Waals surface area contributed by atoms with Gasteiger partial charge in [-0.3, -0.25) is 4.79 Å². The number of nitriles is 1. The number of thiophene rings is 1. The van der Waals surface area contributed by atoms with Crippen molar-refractivity contribution in [1.82, 2.24) is 0 Å². The average molecular weight is 326 g/mol. The number of anilines is 1. The second-order valence-electron chi connectivity index (χ2n) is 5.82. The van der Waals surface area contributed by atoms with Crippen LogP contribution in [0.3, 0.4) is 0 Å². The Hall–Kier alpha value is -2.32. The van der Waals surface area contributed by atoms with Gasteiger partial charge in [-0.1, -0.05) is 19.1 Å². The summed E-state index contributed by atoms with van der Waals surface area (Å²) < 4.78 is 5.23. The summed E-state index contributed by atoms with van der Waals surface area (Å²) in [4.78, 5) is 13.8. The van der Waals surface area contributed by atoms with Gasteiger partial charge in [-0.2, -0.15) is 5.26 Å². The van der Waals surface area contributed by atoms with Crippen molar-refractivity contribution >= 4 is 22.2 Å². The van der Waals surface area contributed by atoms with Gasteiger partial charge in [-0.05, 0) is 42.9 Å². The van der Waals surface area contributed by atoms with Gasteiger partial charge in [0.2, 0.25) is 0 Å². The van der Waals surface area contributed by atoms with E-state index in [0.717, 1.165) is 24.8 Å². The standard InChI is InChI=1S/C18H18N2O2S/c1-11-7-8-12-14(10-19)18(23-16(12)9-11)20-17(21)13-5-3-4-6-15(13)22-2/h3-6,11H,7-9H2,1-2H3,(H,20,21)/t11-/m0/s1. The number of amides is 1. The minimum absolute atomic E-state index is 0.245. The van der Waals surface area contributed by atoms with Crippen LogP contribution in [0.2, 0.25) is 0 Å². The predicted molar refractivity (Wildman–Crippen MR) is 91.2 cm³/mol. The van der Waals surface area contributed by atoms with Crippen LogP contribution in [-0.2, 0) is 12.8 Å². The Labute approximate surface area is 139 Å². The number of carbonyl (C=O) groups excluding carboxylic acids is 1. The zero-order valence-corrected chi connectivity index (χ0v) is 14.0. The lowest BCUT2D eigenvalue weighted by Gasteiger charge is -2.17. The zero-order chi connectivity index (χ0) is 16.4. The highest BCUT2D eigenvalue weighted by Gasteiger charge is 2.25. The molecule has 3 rings (SSSR count). The van der Waals surface area contributed by atoms with Crippen molar-refractivity contribution in [2.45, 2.75) is 26.2 Å². The average Bonchev–Trinajstić information content (AvgIpc) is 2.90. The van der Waals surface area contributed by atoms with Gasteiger partial charge in [0.05, 0.1) is 18.2 Å². The van der Waals surface area contributed by atoms with E-state index in [4.69, 9.17) is 4.74 Å². The molecule has 5 heteroatoms. The fraction of sp³-hybridized carbons (Fsp3) is 0.333. The molecule has 0 fully saturated rings. The van der Waals surface area contributed by atoms with E-state index >= 15 is 0 Å². The Kier molecular flexibility index (Phi) is 4.35. The maximum absolute atomic E-state index is 12.5. The van der Waals surface area contributed by atoms with E-state index in [-0.39, 0.29) is 5.91 Å². The topological polar surface area (TPSA) is 62.1 Å². The number of para-hydroxylation sites is 1. The summed E-state index contributed by atoms with van der Waals surface area (Å²) in [5.74, 6) is 0.912. The summed E-state index contributed by atoms with van der Waals surface area (Å²) >= 11 is 1.53. The number of fused-ring (bicyclic) bond motifs is 1. The van der Waals surface area contributed by atoms with Crippen LogP contribution in [0.25, 0.3) is 0 Å². The Morgan fingerprint density at radius 2 is 2.22 bits per heavy atom. The fourth-order valence-corrected chi connectivity index (χ4v) is 4.32. The largest absolute Gasteiger partial charge is 0.496 e. The van der Waals surface area contributed by atoms with Crippen LogP contribution in [0, 0.1) is 17.2 Å². The molecule has 1 atom stereocenters. The van der Waals surface area contributed by atoms with Crippen molar-refractivity contribution in [2.75, 3.05) is 12.4 Å². The van der Waals surface area contributed by atoms with E-state index in [1.54, 1.807) is 18.2 Å². The predicted octanol–water partition coefficient (Wildman–Crippen LogP) is 4.01. The molecule has 23 heavy (non-hydrogen) atoms. The highest BCUT2D eigenvalue weighted by Crippen LogP contribution is 2.39. The smallest absolute Gasteiger partial charge is 0.260 e. The van der Waals surface area contributed by atoms with E-state index in [1.807, 2.05) is 6.07 Å². The zero-order valence-electron chi connectivity index (χ0n) is 13.2. The van der Waals surface area contributed by atoms with E-state index < -0.39 is 0 Å². The molecule has 1 aromatic heterocycles. The molecule has 1 N–H and O–H groups in total. The van der Waals surface area contributed by atoms with Crippen molar-refractivity contribution in [1.29, 1.82) is 5.26 Å². The summed E-state index contributed by atoms with van der Waals surface area (Å²) in [5.41, 5.74) is 2.21. The van der Waals surface area contributed by atoms with Crippen LogP contribution in [-0.4, -0.2) is 13.0 Å². The minimum Gasteiger partial charge on any atom is -0.496 e. The summed E-state index contributed by atoms with van der Waals surface area (Å²) in [6.45, 7) is 2.22. The van der Waals surface area contributed by atoms with Gasteiger partial charge in [0.1, 0.15) is 16.8 Å². The van der Waals surface area contributed by atoms with Gasteiger partial charge < -0.3 is 10.1 Å². The van der Waals surface area contributed by atoms with E-state index in [1.165, 1.54) is 23.3 Å². The van der Waals surface area contributed by atoms with Crippen LogP contribution in [0.5, 0.6) is 5.75 Å². The van der Waals surface area contributed by atoms with Crippen LogP contribution >= 0.6 is 11.3 Å². The molecule has 1 heterocycles. The number of carbonyl (C=O) groups is 1. The van der Waals surface area contributed by atoms with Crippen molar-refractivity contribution in [3.8, 4) is 11.8 Å². The first kappa shape index (κ1) is 15.6. The molecule has 1 aliphatic carbocycles. The number of methoxy groups -OCH3 is 1. The first-order valence-electron chi connectivity index (χ1n) is 7.63. The van der Waals surface area contributed by atoms with Gasteiger partial charge in [-0.15, -0.1) is 11.3 Å². The molecule has 0 spiro atoms. The van der Waals surface area contributed by atoms with Crippen LogP contribution in [0.1, 0.15) is 39.7 Å². The molecule has 0 aliphatic heterocycles. The number of nitrogens with one attached hydrogen (secondary N) is 1. The molecule has 0 unspecified atom stereocenters. The SMILES string of the molecule is COc1ccccc1C(=O)Nc1sc2c(c1C#N)CC[C@H](C)C2. The molecular formula is C18H18N2O2S. The summed E-state index contributed by atoms with van der Waals surface area (Å²) in [7, 11) is 1.54. The van der Waals surface area contributed by atoms with Gasteiger partial charge in [0.25, 0.3) is 5.91 Å². The number of hydrogen-bond donors (Lipinski definition) is 1. The second-order valence-corrected chi connectivity index (χ2v) is 6.93. The van der Waals surface area contributed by atoms with Gasteiger partial charge in [0.15, 0.2) is 0 Å². The van der Waals surface area contributed by atoms with E-state index in [2.05, 4.69) is 18.3 Å². The molecule has 118 valence electrons. The van der Waals surface area contributed by atoms with Crippen molar-refractivity contribution in [2.24, 2.45) is 5.92 Å². The first-order chi connectivity index (χ1) is 11.1. The summed E-state index contributed by atoms with van der Waals surface area (Å²) in [6.07, 6.45) is 3.00. The Balaban J connectivity index is 1.91. The molecule has 2 aromatic rings. The van der Waals surface area contributed by atoms with E-state index in [0.29, 0.717) is 27.8 Å². The quantitative estimate of drug-likeness (QED) is 0.927. The summed E-state index contributed by atoms with van der Waals surface area (Å²) in [6, 6.07) is 9.35.